The van der Waals surface area contributed by atoms with Gasteiger partial charge in [0.05, 0.1) is 6.61 Å². The predicted octanol–water partition coefficient (Wildman–Crippen LogP) is 3.10. The number of hydrogen-bond donors (Lipinski definition) is 0. The highest BCUT2D eigenvalue weighted by atomic mass is 16.5. The molecule has 0 aromatic rings. The van der Waals surface area contributed by atoms with Gasteiger partial charge < -0.3 is 4.74 Å². The number of hydrogen-bond acceptors (Lipinski definition) is 2. The van der Waals surface area contributed by atoms with Crippen LogP contribution < -0.4 is 0 Å². The summed E-state index contributed by atoms with van der Waals surface area (Å²) in [6, 6.07) is 0. The molecule has 0 aliphatic heterocycles. The molecule has 0 spiro atoms. The van der Waals surface area contributed by atoms with Crippen LogP contribution in [-0.2, 0) is 9.53 Å². The maximum absolute atomic E-state index is 10.5. The van der Waals surface area contributed by atoms with Crippen molar-refractivity contribution in [2.75, 3.05) is 6.61 Å². The fraction of sp³-hybridized carbons (Fsp3) is 0.583. The zero-order valence-corrected chi connectivity index (χ0v) is 9.38. The van der Waals surface area contributed by atoms with Crippen LogP contribution in [0.25, 0.3) is 0 Å². The van der Waals surface area contributed by atoms with Crippen LogP contribution >= 0.6 is 0 Å². The summed E-state index contributed by atoms with van der Waals surface area (Å²) in [4.78, 5) is 10.5. The highest BCUT2D eigenvalue weighted by Crippen LogP contribution is 2.09. The Bertz CT molecular complexity index is 216. The van der Waals surface area contributed by atoms with E-state index >= 15 is 0 Å². The van der Waals surface area contributed by atoms with Crippen molar-refractivity contribution in [2.45, 2.75) is 33.6 Å². The van der Waals surface area contributed by atoms with Gasteiger partial charge in [-0.3, -0.25) is 4.79 Å². The second-order valence-corrected chi connectivity index (χ2v) is 3.72. The molecule has 0 aliphatic carbocycles. The Hall–Kier alpha value is -1.05. The van der Waals surface area contributed by atoms with Crippen molar-refractivity contribution in [1.29, 1.82) is 0 Å². The number of allylic oxidation sites excluding steroid dienone is 3. The summed E-state index contributed by atoms with van der Waals surface area (Å²) in [7, 11) is 0. The number of carbonyl (C=O) groups is 1. The fourth-order valence-corrected chi connectivity index (χ4v) is 1.02. The second kappa shape index (κ2) is 7.36. The van der Waals surface area contributed by atoms with Crippen molar-refractivity contribution < 1.29 is 9.53 Å². The molecule has 80 valence electrons. The molecule has 0 aromatic heterocycles. The third kappa shape index (κ3) is 9.04. The molecule has 0 saturated carbocycles. The highest BCUT2D eigenvalue weighted by Gasteiger charge is 2.00. The van der Waals surface area contributed by atoms with Gasteiger partial charge in [0, 0.05) is 6.92 Å². The molecule has 2 heteroatoms. The summed E-state index contributed by atoms with van der Waals surface area (Å²) >= 11 is 0. The van der Waals surface area contributed by atoms with E-state index in [1.54, 1.807) is 0 Å². The number of ether oxygens (including phenoxy) is 1. The monoisotopic (exact) mass is 196 g/mol. The van der Waals surface area contributed by atoms with E-state index < -0.39 is 0 Å². The minimum Gasteiger partial charge on any atom is -0.466 e. The number of carbonyl (C=O) groups excluding carboxylic acids is 1. The lowest BCUT2D eigenvalue weighted by molar-refractivity contribution is -0.141. The molecule has 0 aromatic carbocycles. The topological polar surface area (TPSA) is 26.3 Å². The summed E-state index contributed by atoms with van der Waals surface area (Å²) in [6.45, 7) is 9.86. The maximum atomic E-state index is 10.5. The van der Waals surface area contributed by atoms with Gasteiger partial charge in [-0.1, -0.05) is 31.2 Å². The Morgan fingerprint density at radius 3 is 2.64 bits per heavy atom. The SMILES string of the molecule is C=C(C)C=CCC(C)CCOC(C)=O. The second-order valence-electron chi connectivity index (χ2n) is 3.72. The van der Waals surface area contributed by atoms with Crippen molar-refractivity contribution in [3.63, 3.8) is 0 Å². The Morgan fingerprint density at radius 1 is 1.50 bits per heavy atom. The average molecular weight is 196 g/mol. The van der Waals surface area contributed by atoms with E-state index in [2.05, 4.69) is 19.6 Å². The smallest absolute Gasteiger partial charge is 0.302 e. The van der Waals surface area contributed by atoms with Gasteiger partial charge in [-0.15, -0.1) is 0 Å². The van der Waals surface area contributed by atoms with Crippen LogP contribution in [0.3, 0.4) is 0 Å². The molecule has 0 saturated heterocycles. The fourth-order valence-electron chi connectivity index (χ4n) is 1.02. The third-order valence-corrected chi connectivity index (χ3v) is 1.86. The van der Waals surface area contributed by atoms with Gasteiger partial charge in [0.25, 0.3) is 0 Å². The molecular weight excluding hydrogens is 176 g/mol. The van der Waals surface area contributed by atoms with Crippen LogP contribution in [0.15, 0.2) is 24.3 Å². The summed E-state index contributed by atoms with van der Waals surface area (Å²) in [5, 5.41) is 0. The van der Waals surface area contributed by atoms with Crippen LogP contribution in [-0.4, -0.2) is 12.6 Å². The lowest BCUT2D eigenvalue weighted by Gasteiger charge is -2.07. The lowest BCUT2D eigenvalue weighted by atomic mass is 10.0. The quantitative estimate of drug-likeness (QED) is 0.482. The van der Waals surface area contributed by atoms with E-state index in [0.717, 1.165) is 18.4 Å². The van der Waals surface area contributed by atoms with Crippen molar-refractivity contribution in [1.82, 2.24) is 0 Å². The van der Waals surface area contributed by atoms with Crippen molar-refractivity contribution in [2.24, 2.45) is 5.92 Å². The predicted molar refractivity (Wildman–Crippen MR) is 59.0 cm³/mol. The summed E-state index contributed by atoms with van der Waals surface area (Å²) in [6.07, 6.45) is 6.05. The molecule has 0 N–H and O–H groups in total. The highest BCUT2D eigenvalue weighted by molar-refractivity contribution is 5.65. The summed E-state index contributed by atoms with van der Waals surface area (Å²) in [5.74, 6) is 0.347. The molecule has 0 fully saturated rings. The molecule has 1 unspecified atom stereocenters. The largest absolute Gasteiger partial charge is 0.466 e. The van der Waals surface area contributed by atoms with E-state index in [4.69, 9.17) is 4.74 Å². The zero-order valence-electron chi connectivity index (χ0n) is 9.38. The summed E-state index contributed by atoms with van der Waals surface area (Å²) < 4.78 is 4.86. The Balaban J connectivity index is 3.50. The minimum atomic E-state index is -0.199. The van der Waals surface area contributed by atoms with Crippen LogP contribution in [0.2, 0.25) is 0 Å². The molecular formula is C12H20O2. The summed E-state index contributed by atoms with van der Waals surface area (Å²) in [5.41, 5.74) is 1.07. The van der Waals surface area contributed by atoms with Crippen LogP contribution in [0.5, 0.6) is 0 Å². The van der Waals surface area contributed by atoms with Crippen LogP contribution in [0, 0.1) is 5.92 Å². The molecule has 14 heavy (non-hydrogen) atoms. The average Bonchev–Trinajstić information content (AvgIpc) is 2.02. The van der Waals surface area contributed by atoms with Crippen LogP contribution in [0.1, 0.15) is 33.6 Å². The van der Waals surface area contributed by atoms with Gasteiger partial charge in [-0.25, -0.2) is 0 Å². The van der Waals surface area contributed by atoms with E-state index in [1.807, 2.05) is 13.0 Å². The molecule has 0 heterocycles. The van der Waals surface area contributed by atoms with Gasteiger partial charge in [0.2, 0.25) is 0 Å². The Labute approximate surface area is 86.6 Å². The zero-order chi connectivity index (χ0) is 11.0. The molecule has 0 bridgehead atoms. The normalized spacial score (nSPS) is 12.8. The van der Waals surface area contributed by atoms with Gasteiger partial charge in [0.1, 0.15) is 0 Å². The standard InChI is InChI=1S/C12H20O2/c1-10(2)6-5-7-11(3)8-9-14-12(4)13/h5-6,11H,1,7-9H2,2-4H3. The molecule has 0 amide bonds. The van der Waals surface area contributed by atoms with Crippen molar-refractivity contribution in [3.8, 4) is 0 Å². The van der Waals surface area contributed by atoms with Gasteiger partial charge >= 0.3 is 5.97 Å². The van der Waals surface area contributed by atoms with Gasteiger partial charge in [-0.05, 0) is 25.7 Å². The molecule has 0 rings (SSSR count). The molecule has 2 nitrogen and oxygen atoms in total. The van der Waals surface area contributed by atoms with Crippen molar-refractivity contribution in [3.05, 3.63) is 24.3 Å². The first-order chi connectivity index (χ1) is 6.52. The van der Waals surface area contributed by atoms with Gasteiger partial charge in [-0.2, -0.15) is 0 Å². The first kappa shape index (κ1) is 12.9. The van der Waals surface area contributed by atoms with E-state index in [1.165, 1.54) is 6.92 Å². The van der Waals surface area contributed by atoms with Gasteiger partial charge in [0.15, 0.2) is 0 Å². The first-order valence-electron chi connectivity index (χ1n) is 4.97. The minimum absolute atomic E-state index is 0.199. The van der Waals surface area contributed by atoms with E-state index in [-0.39, 0.29) is 5.97 Å². The Kier molecular flexibility index (Phi) is 6.81. The maximum Gasteiger partial charge on any atom is 0.302 e. The number of esters is 1. The lowest BCUT2D eigenvalue weighted by Crippen LogP contribution is -2.04. The first-order valence-corrected chi connectivity index (χ1v) is 4.97. The molecule has 0 aliphatic rings. The number of rotatable bonds is 6. The molecule has 0 radical (unpaired) electrons. The Morgan fingerprint density at radius 2 is 2.14 bits per heavy atom. The third-order valence-electron chi connectivity index (χ3n) is 1.86. The van der Waals surface area contributed by atoms with E-state index in [9.17, 15) is 4.79 Å². The van der Waals surface area contributed by atoms with Crippen molar-refractivity contribution >= 4 is 5.97 Å². The van der Waals surface area contributed by atoms with Crippen LogP contribution in [0.4, 0.5) is 0 Å². The molecule has 1 atom stereocenters. The van der Waals surface area contributed by atoms with E-state index in [0.29, 0.717) is 12.5 Å².